The van der Waals surface area contributed by atoms with E-state index in [0.29, 0.717) is 23.5 Å². The molecule has 0 aliphatic heterocycles. The first-order valence-corrected chi connectivity index (χ1v) is 6.35. The molecule has 106 valence electrons. The minimum absolute atomic E-state index is 0.0432. The maximum Gasteiger partial charge on any atom is 0.269 e. The molecule has 2 aromatic heterocycles. The van der Waals surface area contributed by atoms with Crippen LogP contribution in [0.4, 0.5) is 11.5 Å². The summed E-state index contributed by atoms with van der Waals surface area (Å²) >= 11 is 5.82. The molecule has 0 aliphatic carbocycles. The van der Waals surface area contributed by atoms with Crippen molar-refractivity contribution in [3.05, 3.63) is 51.6 Å². The van der Waals surface area contributed by atoms with Gasteiger partial charge in [-0.15, -0.1) is 0 Å². The summed E-state index contributed by atoms with van der Waals surface area (Å²) in [5, 5.41) is 13.9. The molecule has 3 aromatic rings. The zero-order valence-corrected chi connectivity index (χ0v) is 11.3. The van der Waals surface area contributed by atoms with Gasteiger partial charge in [0.2, 0.25) is 5.28 Å². The lowest BCUT2D eigenvalue weighted by molar-refractivity contribution is -0.384. The van der Waals surface area contributed by atoms with E-state index in [4.69, 9.17) is 11.6 Å². The van der Waals surface area contributed by atoms with Gasteiger partial charge in [0.25, 0.3) is 5.69 Å². The van der Waals surface area contributed by atoms with E-state index >= 15 is 0 Å². The monoisotopic (exact) mass is 304 g/mol. The fraction of sp³-hybridized carbons (Fsp3) is 0.0833. The molecule has 3 rings (SSSR count). The number of aromatic nitrogens is 4. The summed E-state index contributed by atoms with van der Waals surface area (Å²) in [4.78, 5) is 25.3. The normalized spacial score (nSPS) is 10.7. The molecule has 9 heteroatoms. The number of H-pyrrole nitrogens is 1. The SMILES string of the molecule is O=[N+]([O-])c1cccc(CNc2nc(Cl)nc3nc[nH]c23)c1. The quantitative estimate of drug-likeness (QED) is 0.435. The molecule has 0 saturated carbocycles. The Morgan fingerprint density at radius 1 is 1.38 bits per heavy atom. The number of benzene rings is 1. The summed E-state index contributed by atoms with van der Waals surface area (Å²) in [5.74, 6) is 0.494. The first-order valence-electron chi connectivity index (χ1n) is 5.97. The van der Waals surface area contributed by atoms with Crippen molar-refractivity contribution in [2.75, 3.05) is 5.32 Å². The lowest BCUT2D eigenvalue weighted by Gasteiger charge is -2.06. The van der Waals surface area contributed by atoms with Gasteiger partial charge in [0.15, 0.2) is 11.5 Å². The maximum absolute atomic E-state index is 10.7. The Bertz CT molecular complexity index is 818. The number of non-ortho nitro benzene ring substituents is 1. The van der Waals surface area contributed by atoms with E-state index in [-0.39, 0.29) is 11.0 Å². The van der Waals surface area contributed by atoms with Gasteiger partial charge in [-0.3, -0.25) is 10.1 Å². The van der Waals surface area contributed by atoms with Gasteiger partial charge in [0.1, 0.15) is 5.52 Å². The fourth-order valence-corrected chi connectivity index (χ4v) is 2.06. The van der Waals surface area contributed by atoms with Gasteiger partial charge < -0.3 is 10.3 Å². The predicted molar refractivity (Wildman–Crippen MR) is 77.1 cm³/mol. The third kappa shape index (κ3) is 2.75. The van der Waals surface area contributed by atoms with Gasteiger partial charge in [-0.2, -0.15) is 9.97 Å². The van der Waals surface area contributed by atoms with Crippen LogP contribution >= 0.6 is 11.6 Å². The second-order valence-electron chi connectivity index (χ2n) is 4.22. The van der Waals surface area contributed by atoms with Crippen LogP contribution in [-0.4, -0.2) is 24.9 Å². The lowest BCUT2D eigenvalue weighted by Crippen LogP contribution is -2.03. The molecular formula is C12H9ClN6O2. The highest BCUT2D eigenvalue weighted by Gasteiger charge is 2.10. The highest BCUT2D eigenvalue weighted by atomic mass is 35.5. The van der Waals surface area contributed by atoms with Gasteiger partial charge in [-0.05, 0) is 17.2 Å². The third-order valence-electron chi connectivity index (χ3n) is 2.84. The minimum atomic E-state index is -0.432. The Labute approximate surface area is 123 Å². The van der Waals surface area contributed by atoms with E-state index < -0.39 is 4.92 Å². The van der Waals surface area contributed by atoms with Crippen LogP contribution in [0.5, 0.6) is 0 Å². The molecule has 0 amide bonds. The maximum atomic E-state index is 10.7. The van der Waals surface area contributed by atoms with Crippen molar-refractivity contribution in [2.45, 2.75) is 6.54 Å². The summed E-state index contributed by atoms with van der Waals surface area (Å²) in [5.41, 5.74) is 1.88. The zero-order chi connectivity index (χ0) is 14.8. The molecule has 0 atom stereocenters. The fourth-order valence-electron chi connectivity index (χ4n) is 1.90. The second-order valence-corrected chi connectivity index (χ2v) is 4.56. The summed E-state index contributed by atoms with van der Waals surface area (Å²) in [6.45, 7) is 0.364. The van der Waals surface area contributed by atoms with Crippen LogP contribution < -0.4 is 5.32 Å². The van der Waals surface area contributed by atoms with Crippen LogP contribution in [0.3, 0.4) is 0 Å². The average molecular weight is 305 g/mol. The Hall–Kier alpha value is -2.74. The predicted octanol–water partition coefficient (Wildman–Crippen LogP) is 2.53. The van der Waals surface area contributed by atoms with Gasteiger partial charge in [-0.1, -0.05) is 12.1 Å². The van der Waals surface area contributed by atoms with Gasteiger partial charge >= 0.3 is 0 Å². The number of hydrogen-bond donors (Lipinski definition) is 2. The van der Waals surface area contributed by atoms with Crippen molar-refractivity contribution in [1.29, 1.82) is 0 Å². The van der Waals surface area contributed by atoms with Crippen LogP contribution in [0.15, 0.2) is 30.6 Å². The standard InChI is InChI=1S/C12H9ClN6O2/c13-12-17-10(9-11(18-12)16-6-15-9)14-5-7-2-1-3-8(4-7)19(20)21/h1-4,6H,5H2,(H2,14,15,16,17,18). The van der Waals surface area contributed by atoms with Crippen molar-refractivity contribution in [2.24, 2.45) is 0 Å². The number of fused-ring (bicyclic) bond motifs is 1. The van der Waals surface area contributed by atoms with E-state index in [0.717, 1.165) is 5.56 Å². The molecule has 2 heterocycles. The number of nitro groups is 1. The van der Waals surface area contributed by atoms with E-state index in [1.54, 1.807) is 12.1 Å². The second kappa shape index (κ2) is 5.33. The first kappa shape index (κ1) is 13.3. The molecule has 21 heavy (non-hydrogen) atoms. The van der Waals surface area contributed by atoms with E-state index in [2.05, 4.69) is 25.3 Å². The summed E-state index contributed by atoms with van der Waals surface area (Å²) in [7, 11) is 0. The molecule has 0 spiro atoms. The first-order chi connectivity index (χ1) is 10.1. The number of nitrogens with one attached hydrogen (secondary N) is 2. The number of aromatic amines is 1. The largest absolute Gasteiger partial charge is 0.364 e. The van der Waals surface area contributed by atoms with E-state index in [1.165, 1.54) is 18.5 Å². The summed E-state index contributed by atoms with van der Waals surface area (Å²) < 4.78 is 0. The molecule has 0 bridgehead atoms. The van der Waals surface area contributed by atoms with Crippen LogP contribution in [0, 0.1) is 10.1 Å². The third-order valence-corrected chi connectivity index (χ3v) is 3.01. The molecule has 0 fully saturated rings. The van der Waals surface area contributed by atoms with Crippen molar-refractivity contribution >= 4 is 34.3 Å². The number of anilines is 1. The number of halogens is 1. The molecule has 0 saturated heterocycles. The van der Waals surface area contributed by atoms with Crippen LogP contribution in [0.2, 0.25) is 5.28 Å². The van der Waals surface area contributed by atoms with Crippen LogP contribution in [0.1, 0.15) is 5.56 Å². The van der Waals surface area contributed by atoms with Crippen molar-refractivity contribution in [1.82, 2.24) is 19.9 Å². The minimum Gasteiger partial charge on any atom is -0.364 e. The van der Waals surface area contributed by atoms with Crippen molar-refractivity contribution in [3.8, 4) is 0 Å². The smallest absolute Gasteiger partial charge is 0.269 e. The molecule has 1 aromatic carbocycles. The summed E-state index contributed by atoms with van der Waals surface area (Å²) in [6, 6.07) is 6.36. The Morgan fingerprint density at radius 2 is 2.24 bits per heavy atom. The number of nitrogens with zero attached hydrogens (tertiary/aromatic N) is 4. The molecule has 0 unspecified atom stereocenters. The molecule has 8 nitrogen and oxygen atoms in total. The topological polar surface area (TPSA) is 110 Å². The molecule has 0 radical (unpaired) electrons. The lowest BCUT2D eigenvalue weighted by atomic mass is 10.2. The number of hydrogen-bond acceptors (Lipinski definition) is 6. The molecule has 2 N–H and O–H groups in total. The van der Waals surface area contributed by atoms with Crippen molar-refractivity contribution < 1.29 is 4.92 Å². The highest BCUT2D eigenvalue weighted by Crippen LogP contribution is 2.20. The van der Waals surface area contributed by atoms with Gasteiger partial charge in [0.05, 0.1) is 11.3 Å². The Morgan fingerprint density at radius 3 is 3.05 bits per heavy atom. The highest BCUT2D eigenvalue weighted by molar-refractivity contribution is 6.28. The molecular weight excluding hydrogens is 296 g/mol. The van der Waals surface area contributed by atoms with Gasteiger partial charge in [0, 0.05) is 18.7 Å². The van der Waals surface area contributed by atoms with E-state index in [1.807, 2.05) is 0 Å². The molecule has 0 aliphatic rings. The Balaban J connectivity index is 1.85. The van der Waals surface area contributed by atoms with Gasteiger partial charge in [-0.25, -0.2) is 4.98 Å². The zero-order valence-electron chi connectivity index (χ0n) is 10.6. The average Bonchev–Trinajstić information content (AvgIpc) is 2.93. The van der Waals surface area contributed by atoms with Crippen LogP contribution in [-0.2, 0) is 6.54 Å². The number of rotatable bonds is 4. The number of imidazole rings is 1. The van der Waals surface area contributed by atoms with Crippen LogP contribution in [0.25, 0.3) is 11.2 Å². The van der Waals surface area contributed by atoms with E-state index in [9.17, 15) is 10.1 Å². The Kier molecular flexibility index (Phi) is 3.36. The summed E-state index contributed by atoms with van der Waals surface area (Å²) in [6.07, 6.45) is 1.49. The van der Waals surface area contributed by atoms with Crippen molar-refractivity contribution in [3.63, 3.8) is 0 Å². The number of nitro benzene ring substituents is 1.